The molecule has 18 heavy (non-hydrogen) atoms. The highest BCUT2D eigenvalue weighted by molar-refractivity contribution is 5.98. The minimum atomic E-state index is 0.602. The third-order valence-electron chi connectivity index (χ3n) is 3.10. The van der Waals surface area contributed by atoms with Crippen molar-refractivity contribution in [3.8, 4) is 17.2 Å². The molecule has 0 aliphatic heterocycles. The highest BCUT2D eigenvalue weighted by Gasteiger charge is 2.13. The van der Waals surface area contributed by atoms with Crippen LogP contribution in [0.3, 0.4) is 0 Å². The summed E-state index contributed by atoms with van der Waals surface area (Å²) in [6.45, 7) is 2.02. The van der Waals surface area contributed by atoms with Crippen molar-refractivity contribution in [2.45, 2.75) is 6.92 Å². The number of hydrogen-bond acceptors (Lipinski definition) is 2. The van der Waals surface area contributed by atoms with Gasteiger partial charge in [-0.2, -0.15) is 5.26 Å². The molecule has 0 bridgehead atoms. The predicted molar refractivity (Wildman–Crippen MR) is 71.0 cm³/mol. The summed E-state index contributed by atoms with van der Waals surface area (Å²) in [7, 11) is 0. The number of nitriles is 1. The van der Waals surface area contributed by atoms with Gasteiger partial charge in [0.1, 0.15) is 6.07 Å². The second-order valence-electron chi connectivity index (χ2n) is 4.20. The molecule has 1 aromatic carbocycles. The van der Waals surface area contributed by atoms with Crippen LogP contribution in [0.2, 0.25) is 0 Å². The summed E-state index contributed by atoms with van der Waals surface area (Å²) in [5, 5.41) is 10.3. The fourth-order valence-electron chi connectivity index (χ4n) is 2.33. The number of rotatable bonds is 1. The van der Waals surface area contributed by atoms with Crippen LogP contribution in [-0.2, 0) is 0 Å². The first kappa shape index (κ1) is 10.5. The minimum absolute atomic E-state index is 0.602. The molecule has 0 fully saturated rings. The molecule has 0 radical (unpaired) electrons. The number of aromatic nitrogens is 2. The molecule has 0 aliphatic carbocycles. The van der Waals surface area contributed by atoms with Crippen molar-refractivity contribution in [1.82, 2.24) is 9.97 Å². The third kappa shape index (κ3) is 1.47. The highest BCUT2D eigenvalue weighted by Crippen LogP contribution is 2.33. The van der Waals surface area contributed by atoms with Crippen LogP contribution in [0.15, 0.2) is 42.7 Å². The van der Waals surface area contributed by atoms with Crippen molar-refractivity contribution in [1.29, 1.82) is 5.26 Å². The van der Waals surface area contributed by atoms with Gasteiger partial charge in [0.2, 0.25) is 0 Å². The summed E-state index contributed by atoms with van der Waals surface area (Å²) < 4.78 is 0. The van der Waals surface area contributed by atoms with E-state index >= 15 is 0 Å². The maximum atomic E-state index is 9.18. The predicted octanol–water partition coefficient (Wildman–Crippen LogP) is 3.41. The summed E-state index contributed by atoms with van der Waals surface area (Å²) in [5.41, 5.74) is 4.78. The number of hydrogen-bond donors (Lipinski definition) is 1. The Morgan fingerprint density at radius 1 is 1.22 bits per heavy atom. The Hall–Kier alpha value is -2.60. The molecule has 0 aliphatic rings. The van der Waals surface area contributed by atoms with Crippen molar-refractivity contribution in [3.63, 3.8) is 0 Å². The third-order valence-corrected chi connectivity index (χ3v) is 3.10. The molecule has 3 aromatic rings. The lowest BCUT2D eigenvalue weighted by atomic mass is 9.99. The summed E-state index contributed by atoms with van der Waals surface area (Å²) in [6.07, 6.45) is 3.33. The van der Waals surface area contributed by atoms with Crippen molar-refractivity contribution >= 4 is 10.9 Å². The number of fused-ring (bicyclic) bond motifs is 1. The molecule has 2 heterocycles. The van der Waals surface area contributed by atoms with Crippen LogP contribution in [0.4, 0.5) is 0 Å². The van der Waals surface area contributed by atoms with E-state index in [0.717, 1.165) is 27.7 Å². The van der Waals surface area contributed by atoms with E-state index in [1.807, 2.05) is 31.2 Å². The molecule has 0 saturated heterocycles. The first-order valence-corrected chi connectivity index (χ1v) is 5.73. The smallest absolute Gasteiger partial charge is 0.101 e. The van der Waals surface area contributed by atoms with Gasteiger partial charge in [-0.25, -0.2) is 0 Å². The van der Waals surface area contributed by atoms with Crippen LogP contribution in [0.1, 0.15) is 11.3 Å². The number of nitrogens with one attached hydrogen (secondary N) is 1. The average molecular weight is 233 g/mol. The van der Waals surface area contributed by atoms with E-state index < -0.39 is 0 Å². The zero-order valence-electron chi connectivity index (χ0n) is 9.94. The standard InChI is InChI=1S/C15H11N3/c1-10-15(12-6-7-17-9-11(12)8-16)13-4-2-3-5-14(13)18-10/h2-7,9,18H,1H3. The molecule has 3 rings (SSSR count). The van der Waals surface area contributed by atoms with E-state index in [-0.39, 0.29) is 0 Å². The van der Waals surface area contributed by atoms with Gasteiger partial charge in [0, 0.05) is 40.1 Å². The Kier molecular flexibility index (Phi) is 2.35. The van der Waals surface area contributed by atoms with Gasteiger partial charge in [-0.3, -0.25) is 4.98 Å². The van der Waals surface area contributed by atoms with Crippen LogP contribution >= 0.6 is 0 Å². The molecule has 1 N–H and O–H groups in total. The van der Waals surface area contributed by atoms with Gasteiger partial charge in [-0.15, -0.1) is 0 Å². The van der Waals surface area contributed by atoms with Crippen LogP contribution in [0, 0.1) is 18.3 Å². The Labute approximate surface area is 105 Å². The number of pyridine rings is 1. The van der Waals surface area contributed by atoms with Crippen molar-refractivity contribution in [2.24, 2.45) is 0 Å². The average Bonchev–Trinajstić information content (AvgIpc) is 2.74. The van der Waals surface area contributed by atoms with Gasteiger partial charge in [0.05, 0.1) is 5.56 Å². The van der Waals surface area contributed by atoms with E-state index in [9.17, 15) is 5.26 Å². The quantitative estimate of drug-likeness (QED) is 0.700. The van der Waals surface area contributed by atoms with E-state index in [0.29, 0.717) is 5.56 Å². The number of H-pyrrole nitrogens is 1. The monoisotopic (exact) mass is 233 g/mol. The first-order valence-electron chi connectivity index (χ1n) is 5.73. The molecule has 2 aromatic heterocycles. The van der Waals surface area contributed by atoms with Gasteiger partial charge >= 0.3 is 0 Å². The lowest BCUT2D eigenvalue weighted by molar-refractivity contribution is 1.28. The molecule has 3 nitrogen and oxygen atoms in total. The van der Waals surface area contributed by atoms with Crippen LogP contribution in [-0.4, -0.2) is 9.97 Å². The summed E-state index contributed by atoms with van der Waals surface area (Å²) in [4.78, 5) is 7.35. The zero-order chi connectivity index (χ0) is 12.5. The fraction of sp³-hybridized carbons (Fsp3) is 0.0667. The molecule has 0 spiro atoms. The lowest BCUT2D eigenvalue weighted by Gasteiger charge is -2.03. The minimum Gasteiger partial charge on any atom is -0.358 e. The molecule has 0 saturated carbocycles. The van der Waals surface area contributed by atoms with Crippen molar-refractivity contribution in [2.75, 3.05) is 0 Å². The molecule has 0 amide bonds. The molecular weight excluding hydrogens is 222 g/mol. The van der Waals surface area contributed by atoms with Gasteiger partial charge < -0.3 is 4.98 Å². The summed E-state index contributed by atoms with van der Waals surface area (Å²) >= 11 is 0. The Morgan fingerprint density at radius 3 is 2.89 bits per heavy atom. The second kappa shape index (κ2) is 4.01. The molecular formula is C15H11N3. The maximum Gasteiger partial charge on any atom is 0.101 e. The zero-order valence-corrected chi connectivity index (χ0v) is 9.94. The maximum absolute atomic E-state index is 9.18. The topological polar surface area (TPSA) is 52.5 Å². The molecule has 0 atom stereocenters. The number of benzene rings is 1. The Morgan fingerprint density at radius 2 is 2.06 bits per heavy atom. The number of aromatic amines is 1. The Balaban J connectivity index is 2.39. The summed E-state index contributed by atoms with van der Waals surface area (Å²) in [6, 6.07) is 12.2. The normalized spacial score (nSPS) is 10.4. The van der Waals surface area contributed by atoms with Gasteiger partial charge in [-0.05, 0) is 19.1 Å². The number of aryl methyl sites for hydroxylation is 1. The fourth-order valence-corrected chi connectivity index (χ4v) is 2.33. The lowest BCUT2D eigenvalue weighted by Crippen LogP contribution is -1.86. The SMILES string of the molecule is Cc1[nH]c2ccccc2c1-c1ccncc1C#N. The van der Waals surface area contributed by atoms with Crippen LogP contribution in [0.5, 0.6) is 0 Å². The van der Waals surface area contributed by atoms with E-state index in [4.69, 9.17) is 0 Å². The van der Waals surface area contributed by atoms with Crippen LogP contribution < -0.4 is 0 Å². The van der Waals surface area contributed by atoms with E-state index in [1.165, 1.54) is 0 Å². The van der Waals surface area contributed by atoms with E-state index in [1.54, 1.807) is 12.4 Å². The second-order valence-corrected chi connectivity index (χ2v) is 4.20. The highest BCUT2D eigenvalue weighted by atomic mass is 14.7. The van der Waals surface area contributed by atoms with Gasteiger partial charge in [-0.1, -0.05) is 18.2 Å². The molecule has 86 valence electrons. The van der Waals surface area contributed by atoms with Gasteiger partial charge in [0.25, 0.3) is 0 Å². The number of nitrogens with zero attached hydrogens (tertiary/aromatic N) is 2. The molecule has 0 unspecified atom stereocenters. The largest absolute Gasteiger partial charge is 0.358 e. The Bertz CT molecular complexity index is 763. The number of para-hydroxylation sites is 1. The van der Waals surface area contributed by atoms with Crippen molar-refractivity contribution in [3.05, 3.63) is 54.0 Å². The van der Waals surface area contributed by atoms with E-state index in [2.05, 4.69) is 22.1 Å². The summed E-state index contributed by atoms with van der Waals surface area (Å²) in [5.74, 6) is 0. The first-order chi connectivity index (χ1) is 8.81. The van der Waals surface area contributed by atoms with Gasteiger partial charge in [0.15, 0.2) is 0 Å². The van der Waals surface area contributed by atoms with Crippen molar-refractivity contribution < 1.29 is 0 Å². The van der Waals surface area contributed by atoms with Crippen LogP contribution in [0.25, 0.3) is 22.0 Å². The molecule has 3 heteroatoms.